The van der Waals surface area contributed by atoms with Crippen molar-refractivity contribution in [2.24, 2.45) is 0 Å². The Morgan fingerprint density at radius 1 is 1.28 bits per heavy atom. The Bertz CT molecular complexity index is 558. The predicted molar refractivity (Wildman–Crippen MR) is 65.0 cm³/mol. The van der Waals surface area contributed by atoms with E-state index >= 15 is 0 Å². The molecule has 2 rings (SSSR count). The Kier molecular flexibility index (Phi) is 3.47. The standard InChI is InChI=1S/C12H14N4O2/c1-7-9(8(2)17)5-13-12(16-7)10-4-11(18-3)15-6-14-10/h4-6,8,17H,1-3H3/t8-/m1/s1. The van der Waals surface area contributed by atoms with Gasteiger partial charge in [-0.1, -0.05) is 0 Å². The van der Waals surface area contributed by atoms with Gasteiger partial charge in [-0.2, -0.15) is 0 Å². The highest BCUT2D eigenvalue weighted by molar-refractivity contribution is 5.50. The highest BCUT2D eigenvalue weighted by Crippen LogP contribution is 2.19. The van der Waals surface area contributed by atoms with Crippen LogP contribution in [0.5, 0.6) is 5.88 Å². The van der Waals surface area contributed by atoms with Gasteiger partial charge in [-0.15, -0.1) is 0 Å². The number of methoxy groups -OCH3 is 1. The number of aliphatic hydroxyl groups excluding tert-OH is 1. The Hall–Kier alpha value is -2.08. The molecule has 2 heterocycles. The lowest BCUT2D eigenvalue weighted by Gasteiger charge is -2.08. The van der Waals surface area contributed by atoms with Crippen molar-refractivity contribution in [3.63, 3.8) is 0 Å². The molecule has 6 nitrogen and oxygen atoms in total. The number of hydrogen-bond donors (Lipinski definition) is 1. The smallest absolute Gasteiger partial charge is 0.216 e. The van der Waals surface area contributed by atoms with E-state index < -0.39 is 6.10 Å². The monoisotopic (exact) mass is 246 g/mol. The van der Waals surface area contributed by atoms with E-state index in [1.165, 1.54) is 13.4 Å². The molecule has 94 valence electrons. The van der Waals surface area contributed by atoms with Gasteiger partial charge in [0.1, 0.15) is 12.0 Å². The minimum absolute atomic E-state index is 0.459. The molecule has 0 bridgehead atoms. The zero-order chi connectivity index (χ0) is 13.1. The van der Waals surface area contributed by atoms with Crippen LogP contribution in [0.3, 0.4) is 0 Å². The maximum absolute atomic E-state index is 9.52. The predicted octanol–water partition coefficient (Wildman–Crippen LogP) is 1.30. The van der Waals surface area contributed by atoms with Crippen LogP contribution in [0.2, 0.25) is 0 Å². The van der Waals surface area contributed by atoms with Crippen LogP contribution in [-0.2, 0) is 0 Å². The molecule has 0 amide bonds. The van der Waals surface area contributed by atoms with Crippen LogP contribution < -0.4 is 4.74 Å². The minimum atomic E-state index is -0.584. The van der Waals surface area contributed by atoms with E-state index in [1.807, 2.05) is 6.92 Å². The summed E-state index contributed by atoms with van der Waals surface area (Å²) in [5.41, 5.74) is 2.02. The second-order valence-corrected chi connectivity index (χ2v) is 3.86. The molecule has 6 heteroatoms. The fraction of sp³-hybridized carbons (Fsp3) is 0.333. The molecule has 0 saturated heterocycles. The van der Waals surface area contributed by atoms with Gasteiger partial charge in [0.15, 0.2) is 5.82 Å². The summed E-state index contributed by atoms with van der Waals surface area (Å²) in [7, 11) is 1.54. The van der Waals surface area contributed by atoms with Crippen molar-refractivity contribution < 1.29 is 9.84 Å². The lowest BCUT2D eigenvalue weighted by Crippen LogP contribution is -2.02. The van der Waals surface area contributed by atoms with E-state index in [4.69, 9.17) is 4.74 Å². The molecule has 0 unspecified atom stereocenters. The molecule has 0 radical (unpaired) electrons. The normalized spacial score (nSPS) is 12.2. The molecule has 0 fully saturated rings. The molecule has 0 spiro atoms. The fourth-order valence-electron chi connectivity index (χ4n) is 1.58. The molecular formula is C12H14N4O2. The van der Waals surface area contributed by atoms with Gasteiger partial charge < -0.3 is 9.84 Å². The summed E-state index contributed by atoms with van der Waals surface area (Å²) in [4.78, 5) is 16.5. The van der Waals surface area contributed by atoms with E-state index in [9.17, 15) is 5.11 Å². The average molecular weight is 246 g/mol. The zero-order valence-electron chi connectivity index (χ0n) is 10.5. The lowest BCUT2D eigenvalue weighted by atomic mass is 10.1. The van der Waals surface area contributed by atoms with E-state index in [0.29, 0.717) is 23.0 Å². The molecule has 0 aliphatic rings. The molecule has 0 aromatic carbocycles. The Balaban J connectivity index is 2.42. The Morgan fingerprint density at radius 3 is 2.67 bits per heavy atom. The number of aryl methyl sites for hydroxylation is 1. The van der Waals surface area contributed by atoms with Crippen molar-refractivity contribution in [1.82, 2.24) is 19.9 Å². The Morgan fingerprint density at radius 2 is 2.06 bits per heavy atom. The third-order valence-electron chi connectivity index (χ3n) is 2.55. The van der Waals surface area contributed by atoms with Crippen LogP contribution in [0.25, 0.3) is 11.5 Å². The van der Waals surface area contributed by atoms with Crippen LogP contribution >= 0.6 is 0 Å². The first-order chi connectivity index (χ1) is 8.61. The first-order valence-corrected chi connectivity index (χ1v) is 5.50. The molecule has 2 aromatic rings. The summed E-state index contributed by atoms with van der Waals surface area (Å²) in [6.07, 6.45) is 2.42. The summed E-state index contributed by atoms with van der Waals surface area (Å²) in [6, 6.07) is 1.66. The molecule has 1 atom stereocenters. The maximum Gasteiger partial charge on any atom is 0.216 e. The number of rotatable bonds is 3. The number of hydrogen-bond acceptors (Lipinski definition) is 6. The SMILES string of the molecule is COc1cc(-c2ncc([C@@H](C)O)c(C)n2)ncn1. The first kappa shape index (κ1) is 12.4. The van der Waals surface area contributed by atoms with Gasteiger partial charge in [-0.3, -0.25) is 0 Å². The highest BCUT2D eigenvalue weighted by Gasteiger charge is 2.10. The third kappa shape index (κ3) is 2.43. The van der Waals surface area contributed by atoms with E-state index in [-0.39, 0.29) is 0 Å². The van der Waals surface area contributed by atoms with Crippen molar-refractivity contribution in [2.45, 2.75) is 20.0 Å². The maximum atomic E-state index is 9.52. The van der Waals surface area contributed by atoms with Gasteiger partial charge in [-0.25, -0.2) is 19.9 Å². The van der Waals surface area contributed by atoms with Gasteiger partial charge >= 0.3 is 0 Å². The average Bonchev–Trinajstić information content (AvgIpc) is 2.38. The molecular weight excluding hydrogens is 232 g/mol. The summed E-state index contributed by atoms with van der Waals surface area (Å²) in [5.74, 6) is 0.943. The number of aromatic nitrogens is 4. The summed E-state index contributed by atoms with van der Waals surface area (Å²) in [6.45, 7) is 3.50. The topological polar surface area (TPSA) is 81.0 Å². The number of ether oxygens (including phenoxy) is 1. The van der Waals surface area contributed by atoms with Crippen molar-refractivity contribution in [2.75, 3.05) is 7.11 Å². The molecule has 2 aromatic heterocycles. The Labute approximate surface area is 105 Å². The van der Waals surface area contributed by atoms with E-state index in [0.717, 1.165) is 5.69 Å². The fourth-order valence-corrected chi connectivity index (χ4v) is 1.58. The van der Waals surface area contributed by atoms with Gasteiger partial charge in [0, 0.05) is 23.5 Å². The molecule has 0 aliphatic carbocycles. The van der Waals surface area contributed by atoms with Crippen molar-refractivity contribution >= 4 is 0 Å². The molecule has 0 aliphatic heterocycles. The van der Waals surface area contributed by atoms with E-state index in [1.54, 1.807) is 19.2 Å². The van der Waals surface area contributed by atoms with Crippen LogP contribution in [0.4, 0.5) is 0 Å². The minimum Gasteiger partial charge on any atom is -0.481 e. The second-order valence-electron chi connectivity index (χ2n) is 3.86. The van der Waals surface area contributed by atoms with Crippen LogP contribution in [0.15, 0.2) is 18.6 Å². The summed E-state index contributed by atoms with van der Waals surface area (Å²) >= 11 is 0. The molecule has 1 N–H and O–H groups in total. The van der Waals surface area contributed by atoms with Crippen LogP contribution in [-0.4, -0.2) is 32.2 Å². The van der Waals surface area contributed by atoms with Crippen LogP contribution in [0.1, 0.15) is 24.3 Å². The van der Waals surface area contributed by atoms with Gasteiger partial charge in [0.05, 0.1) is 13.2 Å². The summed E-state index contributed by atoms with van der Waals surface area (Å²) < 4.78 is 5.02. The van der Waals surface area contributed by atoms with Gasteiger partial charge in [0.25, 0.3) is 0 Å². The van der Waals surface area contributed by atoms with Crippen molar-refractivity contribution in [3.8, 4) is 17.4 Å². The largest absolute Gasteiger partial charge is 0.481 e. The highest BCUT2D eigenvalue weighted by atomic mass is 16.5. The quantitative estimate of drug-likeness (QED) is 0.879. The zero-order valence-corrected chi connectivity index (χ0v) is 10.5. The van der Waals surface area contributed by atoms with E-state index in [2.05, 4.69) is 19.9 Å². The van der Waals surface area contributed by atoms with Gasteiger partial charge in [-0.05, 0) is 13.8 Å². The third-order valence-corrected chi connectivity index (χ3v) is 2.55. The number of aliphatic hydroxyl groups is 1. The van der Waals surface area contributed by atoms with Crippen LogP contribution in [0, 0.1) is 6.92 Å². The molecule has 0 saturated carbocycles. The number of nitrogens with zero attached hydrogens (tertiary/aromatic N) is 4. The van der Waals surface area contributed by atoms with Gasteiger partial charge in [0.2, 0.25) is 5.88 Å². The summed E-state index contributed by atoms with van der Waals surface area (Å²) in [5, 5.41) is 9.52. The second kappa shape index (κ2) is 5.05. The first-order valence-electron chi connectivity index (χ1n) is 5.50. The van der Waals surface area contributed by atoms with Crippen molar-refractivity contribution in [1.29, 1.82) is 0 Å². The van der Waals surface area contributed by atoms with Crippen molar-refractivity contribution in [3.05, 3.63) is 29.8 Å². The lowest BCUT2D eigenvalue weighted by molar-refractivity contribution is 0.197. The molecule has 18 heavy (non-hydrogen) atoms.